The largest absolute Gasteiger partial charge is 0.493 e. The zero-order valence-corrected chi connectivity index (χ0v) is 17.5. The van der Waals surface area contributed by atoms with E-state index in [0.29, 0.717) is 23.8 Å². The maximum absolute atomic E-state index is 12.7. The molecule has 0 atom stereocenters. The number of nitrogens with one attached hydrogen (secondary N) is 2. The number of halogens is 1. The number of anilines is 1. The van der Waals surface area contributed by atoms with Crippen molar-refractivity contribution < 1.29 is 9.53 Å². The Hall–Kier alpha value is -1.92. The van der Waals surface area contributed by atoms with Gasteiger partial charge in [0, 0.05) is 10.2 Å². The van der Waals surface area contributed by atoms with Crippen LogP contribution in [0.15, 0.2) is 46.9 Å². The first kappa shape index (κ1) is 20.4. The van der Waals surface area contributed by atoms with Crippen LogP contribution in [-0.2, 0) is 0 Å². The summed E-state index contributed by atoms with van der Waals surface area (Å²) in [5.41, 5.74) is 2.47. The number of carbonyl (C=O) groups is 1. The van der Waals surface area contributed by atoms with Crippen LogP contribution >= 0.6 is 28.1 Å². The van der Waals surface area contributed by atoms with Crippen molar-refractivity contribution in [3.8, 4) is 5.75 Å². The fourth-order valence-corrected chi connectivity index (χ4v) is 3.02. The van der Waals surface area contributed by atoms with Crippen molar-refractivity contribution in [2.24, 2.45) is 0 Å². The molecule has 26 heavy (non-hydrogen) atoms. The summed E-state index contributed by atoms with van der Waals surface area (Å²) in [6, 6.07) is 13.3. The van der Waals surface area contributed by atoms with Crippen molar-refractivity contribution in [2.45, 2.75) is 33.1 Å². The highest BCUT2D eigenvalue weighted by atomic mass is 79.9. The van der Waals surface area contributed by atoms with E-state index in [1.54, 1.807) is 12.1 Å². The van der Waals surface area contributed by atoms with Gasteiger partial charge >= 0.3 is 0 Å². The Bertz CT molecular complexity index is 793. The summed E-state index contributed by atoms with van der Waals surface area (Å²) in [4.78, 5) is 12.7. The number of carbonyl (C=O) groups excluding carboxylic acids is 1. The molecule has 0 aliphatic rings. The maximum atomic E-state index is 12.7. The van der Waals surface area contributed by atoms with Gasteiger partial charge in [-0.15, -0.1) is 0 Å². The third kappa shape index (κ3) is 5.54. The summed E-state index contributed by atoms with van der Waals surface area (Å²) in [6.07, 6.45) is 0.864. The zero-order chi connectivity index (χ0) is 19.1. The maximum Gasteiger partial charge on any atom is 0.261 e. The molecule has 1 amide bonds. The van der Waals surface area contributed by atoms with Crippen LogP contribution in [0.1, 0.15) is 49.0 Å². The van der Waals surface area contributed by atoms with Crippen molar-refractivity contribution in [3.05, 3.63) is 58.1 Å². The Balaban J connectivity index is 2.13. The lowest BCUT2D eigenvalue weighted by molar-refractivity contribution is 0.0973. The van der Waals surface area contributed by atoms with E-state index >= 15 is 0 Å². The SMILES string of the molecule is CCCOc1ccc(Br)cc1C(=O)NC(=S)Nc1ccccc1C(C)C. The van der Waals surface area contributed by atoms with E-state index in [1.165, 1.54) is 0 Å². The average molecular weight is 435 g/mol. The monoisotopic (exact) mass is 434 g/mol. The molecule has 0 spiro atoms. The minimum atomic E-state index is -0.308. The number of amides is 1. The van der Waals surface area contributed by atoms with Crippen LogP contribution < -0.4 is 15.4 Å². The van der Waals surface area contributed by atoms with Gasteiger partial charge in [-0.25, -0.2) is 0 Å². The van der Waals surface area contributed by atoms with E-state index in [-0.39, 0.29) is 11.0 Å². The van der Waals surface area contributed by atoms with Gasteiger partial charge in [-0.3, -0.25) is 10.1 Å². The summed E-state index contributed by atoms with van der Waals surface area (Å²) in [5.74, 6) is 0.575. The highest BCUT2D eigenvalue weighted by Gasteiger charge is 2.15. The van der Waals surface area contributed by atoms with Gasteiger partial charge in [0.25, 0.3) is 5.91 Å². The lowest BCUT2D eigenvalue weighted by atomic mass is 10.0. The third-order valence-electron chi connectivity index (χ3n) is 3.71. The molecule has 6 heteroatoms. The Kier molecular flexibility index (Phi) is 7.60. The minimum absolute atomic E-state index is 0.254. The van der Waals surface area contributed by atoms with Crippen LogP contribution in [0.5, 0.6) is 5.75 Å². The van der Waals surface area contributed by atoms with Gasteiger partial charge in [0.2, 0.25) is 0 Å². The average Bonchev–Trinajstić information content (AvgIpc) is 2.60. The number of rotatable bonds is 6. The summed E-state index contributed by atoms with van der Waals surface area (Å²) < 4.78 is 6.47. The van der Waals surface area contributed by atoms with Crippen LogP contribution in [0.25, 0.3) is 0 Å². The number of hydrogen-bond donors (Lipinski definition) is 2. The highest BCUT2D eigenvalue weighted by Crippen LogP contribution is 2.25. The Morgan fingerprint density at radius 2 is 1.96 bits per heavy atom. The topological polar surface area (TPSA) is 50.4 Å². The molecule has 0 bridgehead atoms. The molecular weight excluding hydrogens is 412 g/mol. The highest BCUT2D eigenvalue weighted by molar-refractivity contribution is 9.10. The van der Waals surface area contributed by atoms with Crippen LogP contribution in [0, 0.1) is 0 Å². The van der Waals surface area contributed by atoms with E-state index in [2.05, 4.69) is 40.4 Å². The predicted molar refractivity (Wildman–Crippen MR) is 114 cm³/mol. The fraction of sp³-hybridized carbons (Fsp3) is 0.300. The number of hydrogen-bond acceptors (Lipinski definition) is 3. The van der Waals surface area contributed by atoms with E-state index in [0.717, 1.165) is 22.1 Å². The summed E-state index contributed by atoms with van der Waals surface area (Å²) in [6.45, 7) is 6.79. The minimum Gasteiger partial charge on any atom is -0.493 e. The second-order valence-electron chi connectivity index (χ2n) is 6.14. The van der Waals surface area contributed by atoms with Crippen LogP contribution in [0.3, 0.4) is 0 Å². The standard InChI is InChI=1S/C20H23BrN2O2S/c1-4-11-25-18-10-9-14(21)12-16(18)19(24)23-20(26)22-17-8-6-5-7-15(17)13(2)3/h5-10,12-13H,4,11H2,1-3H3,(H2,22,23,24,26). The molecule has 0 radical (unpaired) electrons. The van der Waals surface area contributed by atoms with Gasteiger partial charge in [-0.1, -0.05) is 54.9 Å². The number of benzene rings is 2. The molecular formula is C20H23BrN2O2S. The van der Waals surface area contributed by atoms with Gasteiger partial charge in [0.1, 0.15) is 5.75 Å². The lowest BCUT2D eigenvalue weighted by Crippen LogP contribution is -2.34. The number of ether oxygens (including phenoxy) is 1. The molecule has 0 saturated carbocycles. The van der Waals surface area contributed by atoms with Gasteiger partial charge < -0.3 is 10.1 Å². The first-order chi connectivity index (χ1) is 12.4. The molecule has 0 aliphatic carbocycles. The van der Waals surface area contributed by atoms with Crippen LogP contribution in [0.4, 0.5) is 5.69 Å². The predicted octanol–water partition coefficient (Wildman–Crippen LogP) is 5.49. The molecule has 2 aromatic rings. The van der Waals surface area contributed by atoms with Crippen LogP contribution in [0.2, 0.25) is 0 Å². The van der Waals surface area contributed by atoms with Crippen molar-refractivity contribution in [1.82, 2.24) is 5.32 Å². The normalized spacial score (nSPS) is 10.5. The van der Waals surface area contributed by atoms with Crippen molar-refractivity contribution in [2.75, 3.05) is 11.9 Å². The molecule has 2 aromatic carbocycles. The first-order valence-electron chi connectivity index (χ1n) is 8.56. The second-order valence-corrected chi connectivity index (χ2v) is 7.46. The second kappa shape index (κ2) is 9.69. The van der Waals surface area contributed by atoms with Crippen LogP contribution in [-0.4, -0.2) is 17.6 Å². The molecule has 2 N–H and O–H groups in total. The van der Waals surface area contributed by atoms with Gasteiger partial charge in [0.15, 0.2) is 5.11 Å². The zero-order valence-electron chi connectivity index (χ0n) is 15.1. The van der Waals surface area contributed by atoms with E-state index in [4.69, 9.17) is 17.0 Å². The molecule has 0 unspecified atom stereocenters. The molecule has 0 aliphatic heterocycles. The summed E-state index contributed by atoms with van der Waals surface area (Å²) >= 11 is 8.72. The number of thiocarbonyl (C=S) groups is 1. The van der Waals surface area contributed by atoms with E-state index < -0.39 is 0 Å². The van der Waals surface area contributed by atoms with E-state index in [1.807, 2.05) is 37.3 Å². The van der Waals surface area contributed by atoms with Crippen molar-refractivity contribution in [1.29, 1.82) is 0 Å². The molecule has 0 fully saturated rings. The molecule has 0 aromatic heterocycles. The summed E-state index contributed by atoms with van der Waals surface area (Å²) in [5, 5.41) is 6.11. The van der Waals surface area contributed by atoms with Gasteiger partial charge in [-0.05, 0) is 54.4 Å². The van der Waals surface area contributed by atoms with Crippen molar-refractivity contribution in [3.63, 3.8) is 0 Å². The molecule has 4 nitrogen and oxygen atoms in total. The quantitative estimate of drug-likeness (QED) is 0.590. The molecule has 2 rings (SSSR count). The molecule has 0 saturated heterocycles. The lowest BCUT2D eigenvalue weighted by Gasteiger charge is -2.16. The van der Waals surface area contributed by atoms with Gasteiger partial charge in [0.05, 0.1) is 12.2 Å². The smallest absolute Gasteiger partial charge is 0.261 e. The number of para-hydroxylation sites is 1. The van der Waals surface area contributed by atoms with Crippen molar-refractivity contribution >= 4 is 44.9 Å². The van der Waals surface area contributed by atoms with Gasteiger partial charge in [-0.2, -0.15) is 0 Å². The fourth-order valence-electron chi connectivity index (χ4n) is 2.46. The Labute approximate surface area is 168 Å². The first-order valence-corrected chi connectivity index (χ1v) is 9.76. The molecule has 138 valence electrons. The van der Waals surface area contributed by atoms with E-state index in [9.17, 15) is 4.79 Å². The summed E-state index contributed by atoms with van der Waals surface area (Å²) in [7, 11) is 0. The Morgan fingerprint density at radius 3 is 2.65 bits per heavy atom. The third-order valence-corrected chi connectivity index (χ3v) is 4.40. The Morgan fingerprint density at radius 1 is 1.23 bits per heavy atom. The molecule has 0 heterocycles.